The summed E-state index contributed by atoms with van der Waals surface area (Å²) < 4.78 is 19.4. The first kappa shape index (κ1) is 26.4. The summed E-state index contributed by atoms with van der Waals surface area (Å²) in [5, 5.41) is 2.97. The normalized spacial score (nSPS) is 12.7. The van der Waals surface area contributed by atoms with Crippen LogP contribution >= 0.6 is 0 Å². The first-order valence-electron chi connectivity index (χ1n) is 11.4. The molecule has 0 spiro atoms. The van der Waals surface area contributed by atoms with Crippen LogP contribution in [0.1, 0.15) is 66.0 Å². The number of para-hydroxylation sites is 1. The van der Waals surface area contributed by atoms with Gasteiger partial charge in [0.1, 0.15) is 17.6 Å². The third kappa shape index (κ3) is 7.88. The van der Waals surface area contributed by atoms with Gasteiger partial charge in [0.15, 0.2) is 6.61 Å². The number of nitrogens with one attached hydrogen (secondary N) is 1. The highest BCUT2D eigenvalue weighted by Crippen LogP contribution is 2.31. The van der Waals surface area contributed by atoms with E-state index in [0.717, 1.165) is 11.1 Å². The van der Waals surface area contributed by atoms with Crippen LogP contribution in [0.2, 0.25) is 0 Å². The quantitative estimate of drug-likeness (QED) is 0.592. The molecule has 0 heterocycles. The minimum Gasteiger partial charge on any atom is -0.483 e. The minimum absolute atomic E-state index is 0.147. The van der Waals surface area contributed by atoms with Gasteiger partial charge in [-0.15, -0.1) is 0 Å². The minimum atomic E-state index is -0.678. The molecule has 0 saturated heterocycles. The lowest BCUT2D eigenvalue weighted by molar-refractivity contribution is -0.143. The SMILES string of the molecule is CCC(C(=O)NC(C)(C)C)N(Cc1ccc(F)cc1)C(=O)COc1ccccc1C(C)(C)C. The summed E-state index contributed by atoms with van der Waals surface area (Å²) in [6.45, 7) is 13.8. The molecule has 2 rings (SSSR count). The van der Waals surface area contributed by atoms with Crippen LogP contribution in [0.25, 0.3) is 0 Å². The van der Waals surface area contributed by atoms with Gasteiger partial charge < -0.3 is 15.0 Å². The fraction of sp³-hybridized carbons (Fsp3) is 0.481. The molecule has 0 aliphatic carbocycles. The van der Waals surface area contributed by atoms with Crippen molar-refractivity contribution < 1.29 is 18.7 Å². The van der Waals surface area contributed by atoms with Crippen molar-refractivity contribution in [3.63, 3.8) is 0 Å². The van der Waals surface area contributed by atoms with E-state index in [0.29, 0.717) is 12.2 Å². The molecule has 1 unspecified atom stereocenters. The van der Waals surface area contributed by atoms with E-state index in [9.17, 15) is 14.0 Å². The average molecular weight is 457 g/mol. The first-order chi connectivity index (χ1) is 15.3. The maximum atomic E-state index is 13.4. The maximum absolute atomic E-state index is 13.4. The maximum Gasteiger partial charge on any atom is 0.261 e. The Bertz CT molecular complexity index is 943. The van der Waals surface area contributed by atoms with E-state index < -0.39 is 11.6 Å². The fourth-order valence-corrected chi connectivity index (χ4v) is 3.59. The Morgan fingerprint density at radius 3 is 2.15 bits per heavy atom. The van der Waals surface area contributed by atoms with Crippen molar-refractivity contribution in [2.75, 3.05) is 6.61 Å². The molecule has 6 heteroatoms. The van der Waals surface area contributed by atoms with Gasteiger partial charge in [-0.2, -0.15) is 0 Å². The second kappa shape index (κ2) is 10.8. The van der Waals surface area contributed by atoms with E-state index in [4.69, 9.17) is 4.74 Å². The zero-order valence-electron chi connectivity index (χ0n) is 20.9. The predicted molar refractivity (Wildman–Crippen MR) is 130 cm³/mol. The van der Waals surface area contributed by atoms with Gasteiger partial charge >= 0.3 is 0 Å². The lowest BCUT2D eigenvalue weighted by Gasteiger charge is -2.33. The topological polar surface area (TPSA) is 58.6 Å². The number of amides is 2. The van der Waals surface area contributed by atoms with Crippen LogP contribution in [0.4, 0.5) is 4.39 Å². The van der Waals surface area contributed by atoms with E-state index in [1.807, 2.05) is 52.0 Å². The molecule has 0 aliphatic heterocycles. The summed E-state index contributed by atoms with van der Waals surface area (Å²) in [5.74, 6) is -0.238. The molecule has 0 aromatic heterocycles. The summed E-state index contributed by atoms with van der Waals surface area (Å²) in [4.78, 5) is 27.9. The van der Waals surface area contributed by atoms with E-state index >= 15 is 0 Å². The molecule has 0 aliphatic rings. The molecule has 2 aromatic carbocycles. The highest BCUT2D eigenvalue weighted by atomic mass is 19.1. The van der Waals surface area contributed by atoms with E-state index in [1.54, 1.807) is 12.1 Å². The molecule has 1 N–H and O–H groups in total. The van der Waals surface area contributed by atoms with Crippen LogP contribution in [-0.4, -0.2) is 34.9 Å². The van der Waals surface area contributed by atoms with Crippen molar-refractivity contribution >= 4 is 11.8 Å². The third-order valence-electron chi connectivity index (χ3n) is 5.20. The molecule has 0 fully saturated rings. The second-order valence-electron chi connectivity index (χ2n) is 10.3. The largest absolute Gasteiger partial charge is 0.483 e. The molecule has 180 valence electrons. The molecule has 2 amide bonds. The summed E-state index contributed by atoms with van der Waals surface area (Å²) in [7, 11) is 0. The number of hydrogen-bond donors (Lipinski definition) is 1. The van der Waals surface area contributed by atoms with Crippen LogP contribution in [0.15, 0.2) is 48.5 Å². The van der Waals surface area contributed by atoms with Gasteiger partial charge in [0, 0.05) is 12.1 Å². The van der Waals surface area contributed by atoms with Crippen LogP contribution in [0, 0.1) is 5.82 Å². The highest BCUT2D eigenvalue weighted by molar-refractivity contribution is 5.88. The monoisotopic (exact) mass is 456 g/mol. The van der Waals surface area contributed by atoms with Crippen LogP contribution in [0.5, 0.6) is 5.75 Å². The molecule has 2 aromatic rings. The standard InChI is InChI=1S/C27H37FN2O3/c1-8-22(25(32)29-27(5,6)7)30(17-19-13-15-20(28)16-14-19)24(31)18-33-23-12-10-9-11-21(23)26(2,3)4/h9-16,22H,8,17-18H2,1-7H3,(H,29,32). The fourth-order valence-electron chi connectivity index (χ4n) is 3.59. The van der Waals surface area contributed by atoms with Gasteiger partial charge in [-0.1, -0.05) is 58.0 Å². The highest BCUT2D eigenvalue weighted by Gasteiger charge is 2.31. The summed E-state index contributed by atoms with van der Waals surface area (Å²) in [5.41, 5.74) is 1.16. The number of carbonyl (C=O) groups excluding carboxylic acids is 2. The van der Waals surface area contributed by atoms with Gasteiger partial charge in [-0.05, 0) is 61.9 Å². The predicted octanol–water partition coefficient (Wildman–Crippen LogP) is 5.22. The summed E-state index contributed by atoms with van der Waals surface area (Å²) in [6.07, 6.45) is 0.438. The van der Waals surface area contributed by atoms with E-state index in [1.165, 1.54) is 17.0 Å². The molecule has 33 heavy (non-hydrogen) atoms. The van der Waals surface area contributed by atoms with Crippen LogP contribution in [-0.2, 0) is 21.5 Å². The number of nitrogens with zero attached hydrogens (tertiary/aromatic N) is 1. The summed E-state index contributed by atoms with van der Waals surface area (Å²) >= 11 is 0. The van der Waals surface area contributed by atoms with Gasteiger partial charge in [-0.25, -0.2) is 4.39 Å². The Morgan fingerprint density at radius 2 is 1.61 bits per heavy atom. The van der Waals surface area contributed by atoms with Crippen molar-refractivity contribution in [3.05, 3.63) is 65.5 Å². The van der Waals surface area contributed by atoms with Gasteiger partial charge in [0.05, 0.1) is 0 Å². The number of carbonyl (C=O) groups is 2. The van der Waals surface area contributed by atoms with E-state index in [2.05, 4.69) is 26.1 Å². The number of benzene rings is 2. The lowest BCUT2D eigenvalue weighted by atomic mass is 9.86. The zero-order valence-corrected chi connectivity index (χ0v) is 20.9. The smallest absolute Gasteiger partial charge is 0.261 e. The van der Waals surface area contributed by atoms with Crippen molar-refractivity contribution in [2.45, 2.75) is 78.4 Å². The Kier molecular flexibility index (Phi) is 8.64. The molecular weight excluding hydrogens is 419 g/mol. The molecule has 0 bridgehead atoms. The number of rotatable bonds is 8. The van der Waals surface area contributed by atoms with Crippen molar-refractivity contribution in [2.24, 2.45) is 0 Å². The van der Waals surface area contributed by atoms with Gasteiger partial charge in [0.25, 0.3) is 5.91 Å². The zero-order chi connectivity index (χ0) is 24.8. The Hall–Kier alpha value is -2.89. The Labute approximate surface area is 197 Å². The van der Waals surface area contributed by atoms with Gasteiger partial charge in [0.2, 0.25) is 5.91 Å². The number of hydrogen-bond acceptors (Lipinski definition) is 3. The third-order valence-corrected chi connectivity index (χ3v) is 5.20. The van der Waals surface area contributed by atoms with Gasteiger partial charge in [-0.3, -0.25) is 9.59 Å². The molecule has 0 saturated carbocycles. The molecular formula is C27H37FN2O3. The van der Waals surface area contributed by atoms with Crippen molar-refractivity contribution in [1.29, 1.82) is 0 Å². The second-order valence-corrected chi connectivity index (χ2v) is 10.3. The Morgan fingerprint density at radius 1 is 1.00 bits per heavy atom. The van der Waals surface area contributed by atoms with Crippen LogP contribution in [0.3, 0.4) is 0 Å². The first-order valence-corrected chi connectivity index (χ1v) is 11.4. The summed E-state index contributed by atoms with van der Waals surface area (Å²) in [6, 6.07) is 12.9. The number of halogens is 1. The average Bonchev–Trinajstić information content (AvgIpc) is 2.71. The molecule has 0 radical (unpaired) electrons. The molecule has 1 atom stereocenters. The van der Waals surface area contributed by atoms with E-state index in [-0.39, 0.29) is 36.2 Å². The molecule has 5 nitrogen and oxygen atoms in total. The van der Waals surface area contributed by atoms with Crippen LogP contribution < -0.4 is 10.1 Å². The lowest BCUT2D eigenvalue weighted by Crippen LogP contribution is -2.54. The number of ether oxygens (including phenoxy) is 1. The van der Waals surface area contributed by atoms with Crippen molar-refractivity contribution in [1.82, 2.24) is 10.2 Å². The Balaban J connectivity index is 2.29. The van der Waals surface area contributed by atoms with Crippen molar-refractivity contribution in [3.8, 4) is 5.75 Å².